The highest BCUT2D eigenvalue weighted by Gasteiger charge is 2.55. The molecule has 0 aromatic rings. The van der Waals surface area contributed by atoms with E-state index in [2.05, 4.69) is 34.6 Å². The second kappa shape index (κ2) is 18.2. The maximum Gasteiger partial charge on any atom is 0.660 e. The summed E-state index contributed by atoms with van der Waals surface area (Å²) in [6.45, 7) is 13.2. The van der Waals surface area contributed by atoms with Crippen LogP contribution in [0.15, 0.2) is 0 Å². The lowest BCUT2D eigenvalue weighted by Crippen LogP contribution is -2.60. The van der Waals surface area contributed by atoms with Crippen molar-refractivity contribution in [3.05, 3.63) is 0 Å². The summed E-state index contributed by atoms with van der Waals surface area (Å²) < 4.78 is 37.5. The molecule has 0 aliphatic rings. The zero-order chi connectivity index (χ0) is 21.1. The van der Waals surface area contributed by atoms with Crippen LogP contribution in [0.5, 0.6) is 0 Å². The van der Waals surface area contributed by atoms with E-state index >= 15 is 0 Å². The second-order valence-corrected chi connectivity index (χ2v) is 13.5. The van der Waals surface area contributed by atoms with Crippen LogP contribution in [0.2, 0.25) is 6.04 Å². The molecule has 0 bridgehead atoms. The third-order valence-electron chi connectivity index (χ3n) is 4.28. The Morgan fingerprint density at radius 1 is 0.571 bits per heavy atom. The van der Waals surface area contributed by atoms with Crippen LogP contribution in [-0.2, 0) is 25.9 Å². The van der Waals surface area contributed by atoms with Gasteiger partial charge < -0.3 is 25.9 Å². The highest BCUT2D eigenvalue weighted by molar-refractivity contribution is 6.73. The Kier molecular flexibility index (Phi) is 18.5. The molecular weight excluding hydrogens is 408 g/mol. The Balaban J connectivity index is 5.47. The van der Waals surface area contributed by atoms with Crippen molar-refractivity contribution in [1.29, 1.82) is 0 Å². The fourth-order valence-electron chi connectivity index (χ4n) is 2.48. The monoisotopic (exact) mass is 454 g/mol. The van der Waals surface area contributed by atoms with Crippen molar-refractivity contribution in [2.75, 3.05) is 26.4 Å². The van der Waals surface area contributed by atoms with Gasteiger partial charge in [0.1, 0.15) is 10.5 Å². The molecule has 0 unspecified atom stereocenters. The molecule has 0 saturated heterocycles. The molecule has 0 spiro atoms. The zero-order valence-electron chi connectivity index (χ0n) is 19.3. The minimum absolute atomic E-state index is 0.489. The Bertz CT molecular complexity index is 330. The Morgan fingerprint density at radius 3 is 1.29 bits per heavy atom. The van der Waals surface area contributed by atoms with Crippen LogP contribution < -0.4 is 0 Å². The summed E-state index contributed by atoms with van der Waals surface area (Å²) in [4.78, 5) is 0. The topological polar surface area (TPSA) is 55.4 Å². The molecule has 0 N–H and O–H groups in total. The first-order valence-corrected chi connectivity index (χ1v) is 15.8. The second-order valence-electron chi connectivity index (χ2n) is 7.05. The van der Waals surface area contributed by atoms with Crippen LogP contribution >= 0.6 is 0 Å². The molecule has 6 nitrogen and oxygen atoms in total. The van der Waals surface area contributed by atoms with E-state index in [1.54, 1.807) is 0 Å². The van der Waals surface area contributed by atoms with Gasteiger partial charge in [-0.15, -0.1) is 0 Å². The summed E-state index contributed by atoms with van der Waals surface area (Å²) in [5.74, 6) is 0. The van der Waals surface area contributed by atoms with Crippen molar-refractivity contribution < 1.29 is 25.9 Å². The van der Waals surface area contributed by atoms with Crippen LogP contribution in [0, 0.1) is 0 Å². The molecule has 0 rings (SSSR count). The summed E-state index contributed by atoms with van der Waals surface area (Å²) in [5, 5.41) is 0. The fraction of sp³-hybridized carbons (Fsp3) is 1.00. The molecule has 0 amide bonds. The van der Waals surface area contributed by atoms with Crippen LogP contribution in [0.4, 0.5) is 0 Å². The van der Waals surface area contributed by atoms with Crippen molar-refractivity contribution in [2.45, 2.75) is 98.5 Å². The molecule has 170 valence electrons. The van der Waals surface area contributed by atoms with Crippen molar-refractivity contribution in [2.24, 2.45) is 0 Å². The fourth-order valence-corrected chi connectivity index (χ4v) is 10.1. The van der Waals surface area contributed by atoms with Crippen LogP contribution in [0.1, 0.15) is 92.4 Å². The minimum Gasteiger partial charge on any atom is -0.403 e. The van der Waals surface area contributed by atoms with E-state index in [1.165, 1.54) is 0 Å². The molecule has 0 aromatic heterocycles. The predicted octanol–water partition coefficient (Wildman–Crippen LogP) is 4.35. The van der Waals surface area contributed by atoms with Gasteiger partial charge in [-0.1, -0.05) is 66.7 Å². The minimum atomic E-state index is -3.26. The molecule has 0 fully saturated rings. The van der Waals surface area contributed by atoms with Crippen molar-refractivity contribution >= 4 is 28.3 Å². The van der Waals surface area contributed by atoms with Gasteiger partial charge in [-0.05, 0) is 25.7 Å². The van der Waals surface area contributed by atoms with E-state index < -0.39 is 17.9 Å². The SMILES string of the molecule is CCCCO[Si](CCC)(OCCCC)O[Si](O[SiH3])(OCCCC)OCCCC. The van der Waals surface area contributed by atoms with E-state index in [0.29, 0.717) is 36.9 Å². The van der Waals surface area contributed by atoms with Gasteiger partial charge in [0.2, 0.25) is 0 Å². The molecule has 0 aliphatic heterocycles. The van der Waals surface area contributed by atoms with E-state index in [0.717, 1.165) is 63.8 Å². The normalized spacial score (nSPS) is 12.8. The van der Waals surface area contributed by atoms with Gasteiger partial charge >= 0.3 is 17.9 Å². The number of hydrogen-bond donors (Lipinski definition) is 0. The standard InChI is InChI=1S/C19H46O6Si3/c1-6-11-15-20-27(19-10-5,21-16-12-7-2)25-28(24-26,22-17-13-8-3)23-18-14-9-4/h6-19H2,1-5,26H3. The maximum absolute atomic E-state index is 6.60. The van der Waals surface area contributed by atoms with E-state index in [4.69, 9.17) is 25.9 Å². The Morgan fingerprint density at radius 2 is 0.964 bits per heavy atom. The summed E-state index contributed by atoms with van der Waals surface area (Å²) in [5.41, 5.74) is 0. The largest absolute Gasteiger partial charge is 0.660 e. The average molecular weight is 455 g/mol. The van der Waals surface area contributed by atoms with Crippen molar-refractivity contribution in [3.63, 3.8) is 0 Å². The first kappa shape index (κ1) is 28.4. The molecule has 9 heteroatoms. The summed E-state index contributed by atoms with van der Waals surface area (Å²) in [7, 11) is -5.71. The third-order valence-corrected chi connectivity index (χ3v) is 12.0. The van der Waals surface area contributed by atoms with E-state index in [1.807, 2.05) is 0 Å². The van der Waals surface area contributed by atoms with Crippen molar-refractivity contribution in [3.8, 4) is 0 Å². The third kappa shape index (κ3) is 12.2. The Hall–Kier alpha value is 0.411. The van der Waals surface area contributed by atoms with Gasteiger partial charge in [0.05, 0.1) is 0 Å². The lowest BCUT2D eigenvalue weighted by atomic mass is 10.4. The zero-order valence-corrected chi connectivity index (χ0v) is 23.3. The average Bonchev–Trinajstić information content (AvgIpc) is 2.69. The predicted molar refractivity (Wildman–Crippen MR) is 122 cm³/mol. The highest BCUT2D eigenvalue weighted by atomic mass is 28.5. The van der Waals surface area contributed by atoms with Gasteiger partial charge in [0, 0.05) is 32.5 Å². The number of rotatable bonds is 21. The van der Waals surface area contributed by atoms with Gasteiger partial charge in [0.15, 0.2) is 0 Å². The van der Waals surface area contributed by atoms with Gasteiger partial charge in [-0.25, -0.2) is 0 Å². The van der Waals surface area contributed by atoms with Gasteiger partial charge in [-0.2, -0.15) is 0 Å². The molecule has 0 radical (unpaired) electrons. The molecule has 0 aromatic carbocycles. The summed E-state index contributed by atoms with van der Waals surface area (Å²) in [6.07, 6.45) is 9.07. The highest BCUT2D eigenvalue weighted by Crippen LogP contribution is 2.26. The molecule has 28 heavy (non-hydrogen) atoms. The molecule has 0 saturated carbocycles. The smallest absolute Gasteiger partial charge is 0.403 e. The first-order valence-electron chi connectivity index (χ1n) is 11.4. The number of hydrogen-bond acceptors (Lipinski definition) is 6. The maximum atomic E-state index is 6.60. The summed E-state index contributed by atoms with van der Waals surface area (Å²) >= 11 is 0. The quantitative estimate of drug-likeness (QED) is 0.190. The molecule has 0 heterocycles. The first-order chi connectivity index (χ1) is 13.6. The molecular formula is C19H46O6Si3. The van der Waals surface area contributed by atoms with Crippen LogP contribution in [-0.4, -0.2) is 54.8 Å². The van der Waals surface area contributed by atoms with Crippen molar-refractivity contribution in [1.82, 2.24) is 0 Å². The van der Waals surface area contributed by atoms with Gasteiger partial charge in [0.25, 0.3) is 0 Å². The van der Waals surface area contributed by atoms with Crippen LogP contribution in [0.3, 0.4) is 0 Å². The van der Waals surface area contributed by atoms with E-state index in [9.17, 15) is 0 Å². The van der Waals surface area contributed by atoms with E-state index in [-0.39, 0.29) is 0 Å². The Labute approximate surface area is 179 Å². The molecule has 0 aliphatic carbocycles. The van der Waals surface area contributed by atoms with Crippen LogP contribution in [0.25, 0.3) is 0 Å². The molecule has 0 atom stereocenters. The summed E-state index contributed by atoms with van der Waals surface area (Å²) in [6, 6.07) is 0.758. The number of unbranched alkanes of at least 4 members (excludes halogenated alkanes) is 4. The lowest BCUT2D eigenvalue weighted by Gasteiger charge is -2.37. The lowest BCUT2D eigenvalue weighted by molar-refractivity contribution is -0.000896. The van der Waals surface area contributed by atoms with Gasteiger partial charge in [-0.3, -0.25) is 0 Å².